The third-order valence-electron chi connectivity index (χ3n) is 11.3. The van der Waals surface area contributed by atoms with Crippen molar-refractivity contribution in [1.82, 2.24) is 0 Å². The molecule has 2 spiro atoms. The second-order valence-electron chi connectivity index (χ2n) is 13.1. The fourth-order valence-electron chi connectivity index (χ4n) is 9.45. The number of quaternary nitrogens is 1. The highest BCUT2D eigenvalue weighted by atomic mass is 16.6. The summed E-state index contributed by atoms with van der Waals surface area (Å²) in [5.74, 6) is 1.11. The van der Waals surface area contributed by atoms with Crippen LogP contribution in [0.3, 0.4) is 0 Å². The van der Waals surface area contributed by atoms with E-state index >= 15 is 0 Å². The molecule has 7 atom stereocenters. The Labute approximate surface area is 216 Å². The zero-order chi connectivity index (χ0) is 24.8. The summed E-state index contributed by atoms with van der Waals surface area (Å²) in [6.07, 6.45) is 14.8. The van der Waals surface area contributed by atoms with Crippen LogP contribution in [-0.4, -0.2) is 35.5 Å². The van der Waals surface area contributed by atoms with E-state index in [0.29, 0.717) is 18.4 Å². The van der Waals surface area contributed by atoms with Crippen molar-refractivity contribution in [2.75, 3.05) is 13.6 Å². The number of rotatable bonds is 4. The molecule has 7 rings (SSSR count). The van der Waals surface area contributed by atoms with Crippen molar-refractivity contribution in [3.05, 3.63) is 76.5 Å². The van der Waals surface area contributed by atoms with Crippen molar-refractivity contribution < 1.29 is 9.38 Å². The second kappa shape index (κ2) is 7.79. The lowest BCUT2D eigenvalue weighted by atomic mass is 9.58. The Hall–Kier alpha value is -1.94. The average Bonchev–Trinajstić information content (AvgIpc) is 3.38. The van der Waals surface area contributed by atoms with E-state index in [1.54, 1.807) is 0 Å². The maximum Gasteiger partial charge on any atom is 0.0975 e. The van der Waals surface area contributed by atoms with Gasteiger partial charge in [-0.05, 0) is 89.7 Å². The summed E-state index contributed by atoms with van der Waals surface area (Å²) < 4.78 is 7.33. The highest BCUT2D eigenvalue weighted by molar-refractivity contribution is 5.83. The molecule has 2 bridgehead atoms. The van der Waals surface area contributed by atoms with Gasteiger partial charge < -0.3 is 14.6 Å². The smallest absolute Gasteiger partial charge is 0.0975 e. The first-order valence-corrected chi connectivity index (χ1v) is 14.5. The van der Waals surface area contributed by atoms with Gasteiger partial charge in [0.15, 0.2) is 0 Å². The number of nitrogens with zero attached hydrogens (tertiary/aromatic N) is 1. The van der Waals surface area contributed by atoms with E-state index in [-0.39, 0.29) is 27.3 Å². The van der Waals surface area contributed by atoms with E-state index in [0.717, 1.165) is 44.9 Å². The molecule has 3 heteroatoms. The van der Waals surface area contributed by atoms with Gasteiger partial charge in [0, 0.05) is 12.8 Å². The number of hydroxylamine groups is 3. The molecule has 0 aromatic heterocycles. The van der Waals surface area contributed by atoms with Gasteiger partial charge in [-0.3, -0.25) is 0 Å². The van der Waals surface area contributed by atoms with Crippen LogP contribution in [0.15, 0.2) is 65.8 Å². The predicted octanol–water partition coefficient (Wildman–Crippen LogP) is 7.80. The van der Waals surface area contributed by atoms with E-state index < -0.39 is 0 Å². The van der Waals surface area contributed by atoms with E-state index in [1.807, 2.05) is 7.05 Å². The summed E-state index contributed by atoms with van der Waals surface area (Å²) in [4.78, 5) is 0. The second-order valence-corrected chi connectivity index (χ2v) is 13.1. The van der Waals surface area contributed by atoms with E-state index in [1.165, 1.54) is 40.3 Å². The summed E-state index contributed by atoms with van der Waals surface area (Å²) in [5, 5.41) is 16.1. The predicted molar refractivity (Wildman–Crippen MR) is 146 cm³/mol. The van der Waals surface area contributed by atoms with Crippen LogP contribution in [0.25, 0.3) is 10.8 Å². The molecule has 2 heterocycles. The zero-order valence-electron chi connectivity index (χ0n) is 22.3. The molecule has 2 saturated carbocycles. The molecule has 0 amide bonds. The van der Waals surface area contributed by atoms with Crippen LogP contribution in [0.2, 0.25) is 0 Å². The van der Waals surface area contributed by atoms with Gasteiger partial charge in [-0.25, -0.2) is 0 Å². The Morgan fingerprint density at radius 1 is 1.06 bits per heavy atom. The van der Waals surface area contributed by atoms with E-state index in [4.69, 9.17) is 4.74 Å². The van der Waals surface area contributed by atoms with Crippen LogP contribution in [0.4, 0.5) is 0 Å². The lowest BCUT2D eigenvalue weighted by molar-refractivity contribution is -0.888. The maximum absolute atomic E-state index is 13.5. The molecule has 2 aromatic rings. The van der Waals surface area contributed by atoms with Crippen molar-refractivity contribution in [3.8, 4) is 0 Å². The molecular formula is C33H41NO2. The molecule has 5 aliphatic rings. The first-order chi connectivity index (χ1) is 17.3. The number of benzene rings is 2. The summed E-state index contributed by atoms with van der Waals surface area (Å²) in [5.41, 5.74) is 4.32. The molecule has 3 fully saturated rings. The topological polar surface area (TPSA) is 32.3 Å². The molecule has 1 saturated heterocycles. The summed E-state index contributed by atoms with van der Waals surface area (Å²) in [7, 11) is 1.90. The average molecular weight is 484 g/mol. The number of ether oxygens (including phenoxy) is 1. The van der Waals surface area contributed by atoms with Crippen LogP contribution in [0.1, 0.15) is 83.1 Å². The Morgan fingerprint density at radius 3 is 2.72 bits per heavy atom. The molecule has 3 nitrogen and oxygen atoms in total. The minimum Gasteiger partial charge on any atom is -0.633 e. The molecule has 2 aromatic carbocycles. The van der Waals surface area contributed by atoms with Gasteiger partial charge in [0.05, 0.1) is 30.8 Å². The number of fused-ring (bicyclic) bond motifs is 2. The monoisotopic (exact) mass is 483 g/mol. The van der Waals surface area contributed by atoms with Gasteiger partial charge in [0.25, 0.3) is 0 Å². The van der Waals surface area contributed by atoms with Crippen LogP contribution in [0, 0.1) is 16.5 Å². The number of hydrogen-bond donors (Lipinski definition) is 0. The standard InChI is InChI=1S/C33H41NO2/c1-4-19-34(3,35)28-12-11-26-21-27-15-16-31(2)29(25-10-9-23-7-5-6-8-24(23)20-25)13-14-30(31)33(27)18-17-32(26,22-28)36-33/h5-10,15,20-21,28-30H,4,11-14,16-19,22H2,1-3H3/t28-,29-,30-,31-,32-,33?,34?/m1/s1. The van der Waals surface area contributed by atoms with E-state index in [9.17, 15) is 5.21 Å². The normalized spacial score (nSPS) is 40.6. The Morgan fingerprint density at radius 2 is 1.89 bits per heavy atom. The lowest BCUT2D eigenvalue weighted by Gasteiger charge is -2.56. The first-order valence-electron chi connectivity index (χ1n) is 14.5. The van der Waals surface area contributed by atoms with E-state index in [2.05, 4.69) is 68.5 Å². The van der Waals surface area contributed by atoms with Crippen molar-refractivity contribution in [2.45, 2.75) is 94.8 Å². The summed E-state index contributed by atoms with van der Waals surface area (Å²) in [6.45, 7) is 5.40. The third kappa shape index (κ3) is 3.09. The quantitative estimate of drug-likeness (QED) is 0.328. The fraction of sp³-hybridized carbons (Fsp3) is 0.576. The van der Waals surface area contributed by atoms with Crippen LogP contribution in [-0.2, 0) is 4.74 Å². The summed E-state index contributed by atoms with van der Waals surface area (Å²) in [6, 6.07) is 16.1. The number of hydrogen-bond acceptors (Lipinski definition) is 2. The van der Waals surface area contributed by atoms with Crippen LogP contribution < -0.4 is 0 Å². The fourth-order valence-corrected chi connectivity index (χ4v) is 9.45. The van der Waals surface area contributed by atoms with Crippen molar-refractivity contribution in [3.63, 3.8) is 0 Å². The maximum atomic E-state index is 13.5. The largest absolute Gasteiger partial charge is 0.633 e. The minimum absolute atomic E-state index is 0.101. The molecule has 190 valence electrons. The Balaban J connectivity index is 1.24. The van der Waals surface area contributed by atoms with Crippen LogP contribution >= 0.6 is 0 Å². The highest BCUT2D eigenvalue weighted by Crippen LogP contribution is 2.69. The molecule has 3 aliphatic carbocycles. The zero-order valence-corrected chi connectivity index (χ0v) is 22.3. The molecule has 2 aliphatic heterocycles. The lowest BCUT2D eigenvalue weighted by Crippen LogP contribution is -2.57. The molecule has 2 unspecified atom stereocenters. The van der Waals surface area contributed by atoms with Gasteiger partial charge in [-0.1, -0.05) is 68.5 Å². The minimum atomic E-state index is -0.197. The molecular weight excluding hydrogens is 442 g/mol. The van der Waals surface area contributed by atoms with Gasteiger partial charge in [0.1, 0.15) is 0 Å². The molecule has 0 radical (unpaired) electrons. The highest BCUT2D eigenvalue weighted by Gasteiger charge is 2.67. The Kier molecular flexibility index (Phi) is 5.02. The summed E-state index contributed by atoms with van der Waals surface area (Å²) >= 11 is 0. The molecule has 36 heavy (non-hydrogen) atoms. The van der Waals surface area contributed by atoms with Gasteiger partial charge in [-0.2, -0.15) is 0 Å². The molecule has 0 N–H and O–H groups in total. The third-order valence-corrected chi connectivity index (χ3v) is 11.3. The van der Waals surface area contributed by atoms with Gasteiger partial charge in [-0.15, -0.1) is 0 Å². The Bertz CT molecular complexity index is 1280. The van der Waals surface area contributed by atoms with Crippen LogP contribution in [0.5, 0.6) is 0 Å². The van der Waals surface area contributed by atoms with Gasteiger partial charge in [0.2, 0.25) is 0 Å². The van der Waals surface area contributed by atoms with Crippen molar-refractivity contribution in [1.29, 1.82) is 0 Å². The van der Waals surface area contributed by atoms with Gasteiger partial charge >= 0.3 is 0 Å². The first kappa shape index (κ1) is 23.2. The van der Waals surface area contributed by atoms with Crippen molar-refractivity contribution in [2.24, 2.45) is 11.3 Å². The number of allylic oxidation sites excluding steroid dienone is 1. The SMILES string of the molecule is CCC[N+](C)([O-])[C@@H]1CCC2=CC3=CC[C@]4(C)[C@@H](c5ccc6ccccc6c5)CC[C@H]4C34CC[C@]2(C1)O4. The van der Waals surface area contributed by atoms with Crippen molar-refractivity contribution >= 4 is 10.8 Å².